The summed E-state index contributed by atoms with van der Waals surface area (Å²) in [6.07, 6.45) is 4.69. The Morgan fingerprint density at radius 2 is 1.93 bits per heavy atom. The number of rotatable bonds is 10. The van der Waals surface area contributed by atoms with Gasteiger partial charge in [0.05, 0.1) is 20.8 Å². The molecule has 0 spiro atoms. The van der Waals surface area contributed by atoms with E-state index in [9.17, 15) is 0 Å². The highest BCUT2D eigenvalue weighted by Crippen LogP contribution is 2.38. The fourth-order valence-corrected chi connectivity index (χ4v) is 2.61. The van der Waals surface area contributed by atoms with Crippen LogP contribution in [-0.2, 0) is 13.1 Å². The Kier molecular flexibility index (Phi) is 8.28. The second kappa shape index (κ2) is 10.9. The third-order valence-electron chi connectivity index (χ3n) is 3.91. The maximum absolute atomic E-state index is 5.63. The molecule has 1 heterocycles. The molecule has 8 nitrogen and oxygen atoms in total. The number of aryl methyl sites for hydroxylation is 1. The molecule has 0 aliphatic rings. The lowest BCUT2D eigenvalue weighted by Gasteiger charge is -2.16. The van der Waals surface area contributed by atoms with Crippen molar-refractivity contribution in [3.8, 4) is 17.2 Å². The van der Waals surface area contributed by atoms with Crippen LogP contribution in [0, 0.1) is 0 Å². The molecular weight excluding hydrogens is 346 g/mol. The van der Waals surface area contributed by atoms with E-state index in [1.54, 1.807) is 27.5 Å². The molecule has 1 aromatic heterocycles. The zero-order valence-electron chi connectivity index (χ0n) is 16.5. The second-order valence-corrected chi connectivity index (χ2v) is 5.74. The highest BCUT2D eigenvalue weighted by Gasteiger charge is 2.14. The summed E-state index contributed by atoms with van der Waals surface area (Å²) < 4.78 is 18.4. The van der Waals surface area contributed by atoms with Crippen molar-refractivity contribution >= 4 is 5.96 Å². The van der Waals surface area contributed by atoms with Crippen LogP contribution in [0.2, 0.25) is 0 Å². The van der Waals surface area contributed by atoms with Crippen molar-refractivity contribution < 1.29 is 14.2 Å². The van der Waals surface area contributed by atoms with E-state index in [4.69, 9.17) is 14.2 Å². The molecule has 0 amide bonds. The van der Waals surface area contributed by atoms with Crippen LogP contribution in [0.15, 0.2) is 35.6 Å². The maximum atomic E-state index is 5.63. The van der Waals surface area contributed by atoms with E-state index in [2.05, 4.69) is 20.7 Å². The van der Waals surface area contributed by atoms with Gasteiger partial charge in [0.25, 0.3) is 0 Å². The molecule has 0 atom stereocenters. The van der Waals surface area contributed by atoms with E-state index in [1.807, 2.05) is 36.0 Å². The highest BCUT2D eigenvalue weighted by molar-refractivity contribution is 5.79. The number of hydrogen-bond donors (Lipinski definition) is 2. The number of nitrogens with one attached hydrogen (secondary N) is 2. The van der Waals surface area contributed by atoms with Crippen LogP contribution in [0.5, 0.6) is 17.2 Å². The monoisotopic (exact) mass is 375 g/mol. The van der Waals surface area contributed by atoms with Crippen molar-refractivity contribution in [2.24, 2.45) is 4.99 Å². The summed E-state index contributed by atoms with van der Waals surface area (Å²) >= 11 is 0. The topological polar surface area (TPSA) is 81.9 Å². The van der Waals surface area contributed by atoms with E-state index in [1.165, 1.54) is 0 Å². The predicted molar refractivity (Wildman–Crippen MR) is 106 cm³/mol. The van der Waals surface area contributed by atoms with Crippen LogP contribution in [0.4, 0.5) is 0 Å². The minimum atomic E-state index is 0.541. The van der Waals surface area contributed by atoms with Gasteiger partial charge in [0.15, 0.2) is 17.5 Å². The lowest BCUT2D eigenvalue weighted by molar-refractivity contribution is 0.288. The summed E-state index contributed by atoms with van der Waals surface area (Å²) in [5, 5.41) is 10.8. The van der Waals surface area contributed by atoms with E-state index >= 15 is 0 Å². The molecule has 148 valence electrons. The molecule has 1 aromatic carbocycles. The van der Waals surface area contributed by atoms with Crippen LogP contribution in [-0.4, -0.2) is 50.2 Å². The van der Waals surface area contributed by atoms with Gasteiger partial charge < -0.3 is 24.8 Å². The van der Waals surface area contributed by atoms with Gasteiger partial charge in [0.1, 0.15) is 0 Å². The first-order valence-corrected chi connectivity index (χ1v) is 9.01. The van der Waals surface area contributed by atoms with Crippen LogP contribution in [0.3, 0.4) is 0 Å². The minimum Gasteiger partial charge on any atom is -0.493 e. The summed E-state index contributed by atoms with van der Waals surface area (Å²) in [4.78, 5) is 4.25. The minimum absolute atomic E-state index is 0.541. The number of ether oxygens (including phenoxy) is 3. The fraction of sp³-hybridized carbons (Fsp3) is 0.474. The summed E-state index contributed by atoms with van der Waals surface area (Å²) in [5.41, 5.74) is 1.01. The van der Waals surface area contributed by atoms with Crippen molar-refractivity contribution in [3.63, 3.8) is 0 Å². The number of methoxy groups -OCH3 is 2. The number of nitrogens with zero attached hydrogens (tertiary/aromatic N) is 3. The van der Waals surface area contributed by atoms with E-state index in [0.29, 0.717) is 30.4 Å². The number of aliphatic imine (C=N–C) groups is 1. The first-order valence-electron chi connectivity index (χ1n) is 9.01. The van der Waals surface area contributed by atoms with Crippen molar-refractivity contribution in [2.45, 2.75) is 26.4 Å². The van der Waals surface area contributed by atoms with Crippen molar-refractivity contribution in [1.82, 2.24) is 20.4 Å². The molecule has 27 heavy (non-hydrogen) atoms. The van der Waals surface area contributed by atoms with Gasteiger partial charge >= 0.3 is 0 Å². The first kappa shape index (κ1) is 20.4. The van der Waals surface area contributed by atoms with Crippen LogP contribution in [0.1, 0.15) is 18.9 Å². The van der Waals surface area contributed by atoms with Gasteiger partial charge in [-0.15, -0.1) is 0 Å². The zero-order chi connectivity index (χ0) is 19.5. The van der Waals surface area contributed by atoms with Crippen LogP contribution < -0.4 is 24.8 Å². The lowest BCUT2D eigenvalue weighted by Crippen LogP contribution is -2.37. The summed E-state index contributed by atoms with van der Waals surface area (Å²) in [5.74, 6) is 2.65. The van der Waals surface area contributed by atoms with E-state index in [0.717, 1.165) is 31.0 Å². The third-order valence-corrected chi connectivity index (χ3v) is 3.91. The third kappa shape index (κ3) is 6.09. The molecule has 0 saturated carbocycles. The van der Waals surface area contributed by atoms with Crippen LogP contribution >= 0.6 is 0 Å². The van der Waals surface area contributed by atoms with Crippen LogP contribution in [0.25, 0.3) is 0 Å². The molecule has 0 aliphatic carbocycles. The quantitative estimate of drug-likeness (QED) is 0.376. The van der Waals surface area contributed by atoms with Gasteiger partial charge in [-0.1, -0.05) is 0 Å². The normalized spacial score (nSPS) is 11.2. The molecule has 2 aromatic rings. The summed E-state index contributed by atoms with van der Waals surface area (Å²) in [6, 6.07) is 5.80. The van der Waals surface area contributed by atoms with Crippen molar-refractivity contribution in [2.75, 3.05) is 34.4 Å². The molecular formula is C19H29N5O3. The Morgan fingerprint density at radius 3 is 2.48 bits per heavy atom. The Labute approximate surface area is 160 Å². The molecule has 0 unspecified atom stereocenters. The summed E-state index contributed by atoms with van der Waals surface area (Å²) in [7, 11) is 4.99. The average molecular weight is 375 g/mol. The van der Waals surface area contributed by atoms with Gasteiger partial charge in [-0.2, -0.15) is 5.10 Å². The average Bonchev–Trinajstić information content (AvgIpc) is 3.21. The molecule has 0 bridgehead atoms. The Morgan fingerprint density at radius 1 is 1.19 bits per heavy atom. The van der Waals surface area contributed by atoms with Gasteiger partial charge in [0.2, 0.25) is 5.75 Å². The van der Waals surface area contributed by atoms with Gasteiger partial charge in [-0.25, -0.2) is 0 Å². The van der Waals surface area contributed by atoms with Gasteiger partial charge in [-0.05, 0) is 37.1 Å². The maximum Gasteiger partial charge on any atom is 0.203 e. The van der Waals surface area contributed by atoms with Gasteiger partial charge in [-0.3, -0.25) is 9.67 Å². The Hall–Kier alpha value is -2.90. The number of benzene rings is 1. The molecule has 0 saturated heterocycles. The largest absolute Gasteiger partial charge is 0.493 e. The zero-order valence-corrected chi connectivity index (χ0v) is 16.5. The highest BCUT2D eigenvalue weighted by atomic mass is 16.5. The number of hydrogen-bond acceptors (Lipinski definition) is 5. The fourth-order valence-electron chi connectivity index (χ4n) is 2.61. The summed E-state index contributed by atoms with van der Waals surface area (Å²) in [6.45, 7) is 4.72. The molecule has 0 fully saturated rings. The molecule has 0 aliphatic heterocycles. The van der Waals surface area contributed by atoms with Gasteiger partial charge in [0, 0.05) is 39.1 Å². The Balaban J connectivity index is 1.89. The second-order valence-electron chi connectivity index (χ2n) is 5.74. The standard InChI is InChI=1S/C19H29N5O3/c1-5-27-18-16(25-3)12-15(13-17(18)26-4)14-22-19(20-2)21-8-6-10-24-11-7-9-23-24/h7,9,11-13H,5-6,8,10,14H2,1-4H3,(H2,20,21,22). The van der Waals surface area contributed by atoms with E-state index < -0.39 is 0 Å². The molecule has 0 radical (unpaired) electrons. The van der Waals surface area contributed by atoms with Crippen molar-refractivity contribution in [3.05, 3.63) is 36.2 Å². The molecule has 2 rings (SSSR count). The molecule has 2 N–H and O–H groups in total. The lowest BCUT2D eigenvalue weighted by atomic mass is 10.2. The van der Waals surface area contributed by atoms with Crippen molar-refractivity contribution in [1.29, 1.82) is 0 Å². The Bertz CT molecular complexity index is 691. The first-order chi connectivity index (χ1) is 13.2. The predicted octanol–water partition coefficient (Wildman–Crippen LogP) is 2.05. The smallest absolute Gasteiger partial charge is 0.203 e. The molecule has 8 heteroatoms. The SMILES string of the molecule is CCOc1c(OC)cc(CNC(=NC)NCCCn2cccn2)cc1OC. The van der Waals surface area contributed by atoms with E-state index in [-0.39, 0.29) is 0 Å². The number of aromatic nitrogens is 2. The number of guanidine groups is 1.